The number of hydrogen-bond donors (Lipinski definition) is 2. The van der Waals surface area contributed by atoms with Crippen molar-refractivity contribution in [2.45, 2.75) is 51.6 Å². The number of fused-ring (bicyclic) bond motifs is 1. The number of anilines is 1. The highest BCUT2D eigenvalue weighted by molar-refractivity contribution is 7.73. The maximum Gasteiger partial charge on any atom is 0.322 e. The summed E-state index contributed by atoms with van der Waals surface area (Å²) in [5.74, 6) is -0.437. The van der Waals surface area contributed by atoms with Gasteiger partial charge < -0.3 is 19.9 Å². The van der Waals surface area contributed by atoms with Crippen molar-refractivity contribution in [1.82, 2.24) is 15.2 Å². The fourth-order valence-electron chi connectivity index (χ4n) is 3.72. The van der Waals surface area contributed by atoms with E-state index in [1.54, 1.807) is 9.80 Å². The van der Waals surface area contributed by atoms with Crippen LogP contribution in [0.2, 0.25) is 0 Å². The molecule has 2 aromatic rings. The van der Waals surface area contributed by atoms with Gasteiger partial charge in [0, 0.05) is 37.3 Å². The number of likely N-dealkylation sites (tertiary alicyclic amines) is 1. The summed E-state index contributed by atoms with van der Waals surface area (Å²) in [6.07, 6.45) is 1.61. The number of carbonyl (C=O) groups is 3. The van der Waals surface area contributed by atoms with E-state index in [-0.39, 0.29) is 42.8 Å². The minimum Gasteiger partial charge on any atom is -0.469 e. The molecule has 0 saturated carbocycles. The second-order valence-corrected chi connectivity index (χ2v) is 9.56. The van der Waals surface area contributed by atoms with E-state index in [9.17, 15) is 14.4 Å². The van der Waals surface area contributed by atoms with E-state index >= 15 is 0 Å². The van der Waals surface area contributed by atoms with Crippen LogP contribution in [-0.4, -0.2) is 60.1 Å². The fourth-order valence-corrected chi connectivity index (χ4v) is 4.87. The third-order valence-electron chi connectivity index (χ3n) is 5.36. The molecule has 0 aliphatic carbocycles. The minimum atomic E-state index is -0.383. The maximum absolute atomic E-state index is 13.1. The van der Waals surface area contributed by atoms with Gasteiger partial charge in [0.1, 0.15) is 0 Å². The number of ether oxygens (including phenoxy) is 1. The molecule has 10 heteroatoms. The lowest BCUT2D eigenvalue weighted by molar-refractivity contribution is -0.143. The summed E-state index contributed by atoms with van der Waals surface area (Å²) in [5, 5.41) is 3.12. The number of rotatable bonds is 6. The average molecular weight is 465 g/mol. The van der Waals surface area contributed by atoms with Crippen LogP contribution >= 0.6 is 23.6 Å². The number of benzene rings is 1. The van der Waals surface area contributed by atoms with Gasteiger partial charge >= 0.3 is 12.0 Å². The van der Waals surface area contributed by atoms with Crippen LogP contribution in [0, 0.1) is 3.95 Å². The van der Waals surface area contributed by atoms with Gasteiger partial charge in [-0.1, -0.05) is 0 Å². The summed E-state index contributed by atoms with van der Waals surface area (Å²) in [5.41, 5.74) is 1.78. The van der Waals surface area contributed by atoms with Crippen molar-refractivity contribution in [3.05, 3.63) is 22.2 Å². The van der Waals surface area contributed by atoms with Gasteiger partial charge in [0.25, 0.3) is 0 Å². The molecule has 2 N–H and O–H groups in total. The van der Waals surface area contributed by atoms with Crippen molar-refractivity contribution in [2.24, 2.45) is 0 Å². The number of carbonyl (C=O) groups excluding carboxylic acids is 3. The monoisotopic (exact) mass is 464 g/mol. The number of H-pyrrole nitrogens is 1. The SMILES string of the molecule is COC(=O)CCC(=O)N1CCC(NC(=O)N(c2ccc3[nH]c(=S)sc3c2)C(C)C)CC1. The summed E-state index contributed by atoms with van der Waals surface area (Å²) in [6.45, 7) is 5.08. The van der Waals surface area contributed by atoms with Crippen LogP contribution in [0.15, 0.2) is 18.2 Å². The Labute approximate surface area is 190 Å². The van der Waals surface area contributed by atoms with E-state index in [1.165, 1.54) is 18.4 Å². The third kappa shape index (κ3) is 5.82. The molecule has 1 fully saturated rings. The smallest absolute Gasteiger partial charge is 0.322 e. The molecule has 2 heterocycles. The van der Waals surface area contributed by atoms with Crippen molar-refractivity contribution in [3.8, 4) is 0 Å². The van der Waals surface area contributed by atoms with E-state index in [4.69, 9.17) is 12.2 Å². The molecule has 3 rings (SSSR count). The first-order valence-corrected chi connectivity index (χ1v) is 11.6. The standard InChI is InChI=1S/C21H28N4O4S2/c1-13(2)25(15-4-5-16-17(12-15)31-21(30)23-16)20(28)22-14-8-10-24(11-9-14)18(26)6-7-19(27)29-3/h4-5,12-14H,6-11H2,1-3H3,(H,22,28)(H,23,30). The van der Waals surface area contributed by atoms with Crippen LogP contribution in [0.5, 0.6) is 0 Å². The lowest BCUT2D eigenvalue weighted by Crippen LogP contribution is -2.52. The summed E-state index contributed by atoms with van der Waals surface area (Å²) >= 11 is 6.70. The Morgan fingerprint density at radius 2 is 2.00 bits per heavy atom. The van der Waals surface area contributed by atoms with E-state index < -0.39 is 0 Å². The Morgan fingerprint density at radius 3 is 2.65 bits per heavy atom. The van der Waals surface area contributed by atoms with Crippen molar-refractivity contribution >= 4 is 57.4 Å². The van der Waals surface area contributed by atoms with Crippen LogP contribution in [0.4, 0.5) is 10.5 Å². The number of hydrogen-bond acceptors (Lipinski definition) is 6. The Kier molecular flexibility index (Phi) is 7.66. The molecule has 1 aliphatic rings. The van der Waals surface area contributed by atoms with Gasteiger partial charge in [0.15, 0.2) is 3.95 Å². The quantitative estimate of drug-likeness (QED) is 0.501. The first-order valence-electron chi connectivity index (χ1n) is 10.4. The summed E-state index contributed by atoms with van der Waals surface area (Å²) in [4.78, 5) is 43.2. The maximum atomic E-state index is 13.1. The van der Waals surface area contributed by atoms with E-state index in [0.29, 0.717) is 29.9 Å². The van der Waals surface area contributed by atoms with Crippen molar-refractivity contribution in [2.75, 3.05) is 25.1 Å². The number of nitrogens with zero attached hydrogens (tertiary/aromatic N) is 2. The predicted molar refractivity (Wildman–Crippen MR) is 124 cm³/mol. The number of piperidine rings is 1. The molecule has 1 aromatic heterocycles. The van der Waals surface area contributed by atoms with Gasteiger partial charge in [-0.05, 0) is 57.1 Å². The topological polar surface area (TPSA) is 94.7 Å². The van der Waals surface area contributed by atoms with Gasteiger partial charge in [-0.25, -0.2) is 4.79 Å². The lowest BCUT2D eigenvalue weighted by Gasteiger charge is -2.35. The zero-order chi connectivity index (χ0) is 22.5. The molecule has 0 unspecified atom stereocenters. The van der Waals surface area contributed by atoms with Crippen LogP contribution in [-0.2, 0) is 14.3 Å². The Hall–Kier alpha value is -2.46. The van der Waals surface area contributed by atoms with Crippen LogP contribution in [0.1, 0.15) is 39.5 Å². The molecule has 0 spiro atoms. The van der Waals surface area contributed by atoms with Gasteiger partial charge in [-0.15, -0.1) is 11.3 Å². The summed E-state index contributed by atoms with van der Waals surface area (Å²) in [7, 11) is 1.31. The largest absolute Gasteiger partial charge is 0.469 e. The third-order valence-corrected chi connectivity index (χ3v) is 6.56. The number of nitrogens with one attached hydrogen (secondary N) is 2. The lowest BCUT2D eigenvalue weighted by atomic mass is 10.0. The Balaban J connectivity index is 1.58. The van der Waals surface area contributed by atoms with E-state index in [1.807, 2.05) is 32.0 Å². The van der Waals surface area contributed by atoms with E-state index in [2.05, 4.69) is 15.0 Å². The molecule has 0 radical (unpaired) electrons. The summed E-state index contributed by atoms with van der Waals surface area (Å²) < 4.78 is 6.31. The Morgan fingerprint density at radius 1 is 1.29 bits per heavy atom. The molecule has 168 valence electrons. The fraction of sp³-hybridized carbons (Fsp3) is 0.524. The van der Waals surface area contributed by atoms with Crippen molar-refractivity contribution in [3.63, 3.8) is 0 Å². The van der Waals surface area contributed by atoms with Gasteiger partial charge in [0.2, 0.25) is 5.91 Å². The van der Waals surface area contributed by atoms with Crippen molar-refractivity contribution < 1.29 is 19.1 Å². The molecule has 0 atom stereocenters. The zero-order valence-corrected chi connectivity index (χ0v) is 19.6. The number of amides is 3. The first kappa shape index (κ1) is 23.2. The average Bonchev–Trinajstić information content (AvgIpc) is 3.11. The molecule has 3 amide bonds. The highest BCUT2D eigenvalue weighted by atomic mass is 32.1. The van der Waals surface area contributed by atoms with Crippen LogP contribution < -0.4 is 10.2 Å². The van der Waals surface area contributed by atoms with Crippen LogP contribution in [0.3, 0.4) is 0 Å². The Bertz CT molecular complexity index is 1010. The molecule has 8 nitrogen and oxygen atoms in total. The zero-order valence-electron chi connectivity index (χ0n) is 18.0. The number of urea groups is 1. The highest BCUT2D eigenvalue weighted by Crippen LogP contribution is 2.27. The highest BCUT2D eigenvalue weighted by Gasteiger charge is 2.27. The van der Waals surface area contributed by atoms with Gasteiger partial charge in [-0.3, -0.25) is 14.5 Å². The molecule has 1 saturated heterocycles. The van der Waals surface area contributed by atoms with Crippen molar-refractivity contribution in [1.29, 1.82) is 0 Å². The van der Waals surface area contributed by atoms with Gasteiger partial charge in [0.05, 0.1) is 23.7 Å². The normalized spacial score (nSPS) is 14.6. The molecular formula is C21H28N4O4S2. The van der Waals surface area contributed by atoms with Gasteiger partial charge in [-0.2, -0.15) is 0 Å². The second-order valence-electron chi connectivity index (χ2n) is 7.84. The predicted octanol–water partition coefficient (Wildman–Crippen LogP) is 3.83. The number of thiazole rings is 1. The van der Waals surface area contributed by atoms with E-state index in [0.717, 1.165) is 15.9 Å². The molecule has 31 heavy (non-hydrogen) atoms. The number of methoxy groups -OCH3 is 1. The molecule has 1 aromatic carbocycles. The molecule has 1 aliphatic heterocycles. The summed E-state index contributed by atoms with van der Waals surface area (Å²) in [6, 6.07) is 5.67. The second kappa shape index (κ2) is 10.2. The number of esters is 1. The minimum absolute atomic E-state index is 0.00328. The molecule has 0 bridgehead atoms. The number of aromatic amines is 1. The van der Waals surface area contributed by atoms with Crippen LogP contribution in [0.25, 0.3) is 10.2 Å². The molecular weight excluding hydrogens is 436 g/mol. The number of aromatic nitrogens is 1. The first-order chi connectivity index (χ1) is 14.8.